The molecule has 0 spiro atoms. The summed E-state index contributed by atoms with van der Waals surface area (Å²) in [6.45, 7) is 2.41. The van der Waals surface area contributed by atoms with Gasteiger partial charge in [0.1, 0.15) is 17.5 Å². The Morgan fingerprint density at radius 3 is 2.56 bits per heavy atom. The van der Waals surface area contributed by atoms with E-state index in [0.717, 1.165) is 43.1 Å². The van der Waals surface area contributed by atoms with Crippen molar-refractivity contribution in [1.29, 1.82) is 0 Å². The summed E-state index contributed by atoms with van der Waals surface area (Å²) in [6, 6.07) is 6.31. The minimum atomic E-state index is -3.69. The number of ether oxygens (including phenoxy) is 2. The molecule has 1 aliphatic carbocycles. The van der Waals surface area contributed by atoms with Gasteiger partial charge < -0.3 is 25.0 Å². The number of carbonyl (C=O) groups excluding carboxylic acids is 1. The number of hydrogen-bond acceptors (Lipinski definition) is 7. The van der Waals surface area contributed by atoms with Gasteiger partial charge in [-0.05, 0) is 56.7 Å². The molecule has 2 heterocycles. The molecule has 4 rings (SSSR count). The van der Waals surface area contributed by atoms with Crippen LogP contribution in [-0.2, 0) is 0 Å². The van der Waals surface area contributed by atoms with E-state index >= 15 is 0 Å². The lowest BCUT2D eigenvalue weighted by atomic mass is 9.86. The molecule has 1 fully saturated rings. The second kappa shape index (κ2) is 8.76. The Kier molecular flexibility index (Phi) is 6.03. The third-order valence-electron chi connectivity index (χ3n) is 5.70. The maximum Gasteiger partial charge on any atom is 0.586 e. The van der Waals surface area contributed by atoms with Gasteiger partial charge in [-0.3, -0.25) is 4.79 Å². The number of alkyl halides is 2. The zero-order valence-electron chi connectivity index (χ0n) is 18.3. The predicted octanol–water partition coefficient (Wildman–Crippen LogP) is 3.57. The first-order valence-corrected chi connectivity index (χ1v) is 10.7. The van der Waals surface area contributed by atoms with Crippen molar-refractivity contribution in [2.24, 2.45) is 5.92 Å². The van der Waals surface area contributed by atoms with Crippen LogP contribution in [0.15, 0.2) is 24.3 Å². The highest BCUT2D eigenvalue weighted by Crippen LogP contribution is 2.41. The number of halogens is 2. The van der Waals surface area contributed by atoms with Crippen molar-refractivity contribution >= 4 is 17.5 Å². The topological polar surface area (TPSA) is 88.6 Å². The van der Waals surface area contributed by atoms with Crippen LogP contribution >= 0.6 is 0 Å². The molecule has 0 radical (unpaired) electrons. The summed E-state index contributed by atoms with van der Waals surface area (Å²) in [5.41, 5.74) is 0.260. The fourth-order valence-corrected chi connectivity index (χ4v) is 4.00. The van der Waals surface area contributed by atoms with Gasteiger partial charge >= 0.3 is 6.29 Å². The quantitative estimate of drug-likeness (QED) is 0.700. The van der Waals surface area contributed by atoms with Crippen LogP contribution in [0.2, 0.25) is 0 Å². The third kappa shape index (κ3) is 5.17. The largest absolute Gasteiger partial charge is 0.586 e. The van der Waals surface area contributed by atoms with Crippen LogP contribution in [0.1, 0.15) is 41.9 Å². The summed E-state index contributed by atoms with van der Waals surface area (Å²) >= 11 is 0. The number of nitrogens with zero attached hydrogens (tertiary/aromatic N) is 3. The van der Waals surface area contributed by atoms with E-state index in [9.17, 15) is 13.6 Å². The maximum absolute atomic E-state index is 13.1. The highest BCUT2D eigenvalue weighted by atomic mass is 19.3. The van der Waals surface area contributed by atoms with E-state index in [1.165, 1.54) is 18.2 Å². The number of amides is 1. The van der Waals surface area contributed by atoms with Gasteiger partial charge in [-0.2, -0.15) is 0 Å². The molecule has 0 saturated heterocycles. The molecule has 1 aliphatic heterocycles. The molecule has 10 heteroatoms. The average molecular weight is 447 g/mol. The number of anilines is 2. The van der Waals surface area contributed by atoms with E-state index < -0.39 is 6.29 Å². The minimum absolute atomic E-state index is 0.0750. The van der Waals surface area contributed by atoms with Crippen LogP contribution in [0, 0.1) is 12.8 Å². The Balaban J connectivity index is 1.25. The Hall–Kier alpha value is -3.17. The van der Waals surface area contributed by atoms with Gasteiger partial charge in [0, 0.05) is 38.3 Å². The molecule has 2 N–H and O–H groups in total. The molecule has 0 atom stereocenters. The van der Waals surface area contributed by atoms with Crippen molar-refractivity contribution in [3.63, 3.8) is 0 Å². The molecule has 8 nitrogen and oxygen atoms in total. The fraction of sp³-hybridized carbons (Fsp3) is 0.500. The van der Waals surface area contributed by atoms with Crippen LogP contribution in [0.4, 0.5) is 20.4 Å². The SMILES string of the molecule is Cc1nc(NC2CCC(CNC(=O)c3ccc4c(c3)OC(F)(F)O4)CC2)cc(N(C)C)n1. The average Bonchev–Trinajstić information content (AvgIpc) is 3.05. The third-order valence-corrected chi connectivity index (χ3v) is 5.70. The number of fused-ring (bicyclic) bond motifs is 1. The van der Waals surface area contributed by atoms with Gasteiger partial charge in [0.2, 0.25) is 0 Å². The van der Waals surface area contributed by atoms with Gasteiger partial charge in [-0.1, -0.05) is 0 Å². The lowest BCUT2D eigenvalue weighted by Crippen LogP contribution is -2.34. The van der Waals surface area contributed by atoms with Gasteiger partial charge in [0.25, 0.3) is 5.91 Å². The first-order valence-electron chi connectivity index (χ1n) is 10.7. The summed E-state index contributed by atoms with van der Waals surface area (Å²) in [5, 5.41) is 6.41. The van der Waals surface area contributed by atoms with E-state index in [2.05, 4.69) is 30.1 Å². The van der Waals surface area contributed by atoms with Crippen LogP contribution in [0.5, 0.6) is 11.5 Å². The van der Waals surface area contributed by atoms with Crippen LogP contribution in [0.3, 0.4) is 0 Å². The number of hydrogen-bond donors (Lipinski definition) is 2. The number of benzene rings is 1. The van der Waals surface area contributed by atoms with Crippen LogP contribution in [-0.4, -0.2) is 48.9 Å². The van der Waals surface area contributed by atoms with Gasteiger partial charge in [-0.15, -0.1) is 8.78 Å². The molecule has 172 valence electrons. The summed E-state index contributed by atoms with van der Waals surface area (Å²) < 4.78 is 35.1. The molecule has 0 bridgehead atoms. The Labute approximate surface area is 185 Å². The van der Waals surface area contributed by atoms with Gasteiger partial charge in [0.15, 0.2) is 11.5 Å². The molecule has 2 aromatic rings. The first-order chi connectivity index (χ1) is 15.2. The van der Waals surface area contributed by atoms with E-state index in [1.54, 1.807) is 0 Å². The molecular formula is C22H27F2N5O3. The molecule has 1 aromatic heterocycles. The number of rotatable bonds is 6. The monoisotopic (exact) mass is 447 g/mol. The normalized spacial score (nSPS) is 21.2. The van der Waals surface area contributed by atoms with E-state index in [-0.39, 0.29) is 23.0 Å². The zero-order valence-corrected chi connectivity index (χ0v) is 18.3. The highest BCUT2D eigenvalue weighted by Gasteiger charge is 2.43. The molecule has 1 amide bonds. The zero-order chi connectivity index (χ0) is 22.9. The standard InChI is InChI=1S/C22H27F2N5O3/c1-13-26-19(11-20(27-13)29(2)3)28-16-7-4-14(5-8-16)12-25-21(30)15-6-9-17-18(10-15)32-22(23,24)31-17/h6,9-11,14,16H,4-5,7-8,12H2,1-3H3,(H,25,30)(H,26,27,28). The summed E-state index contributed by atoms with van der Waals surface area (Å²) in [4.78, 5) is 23.3. The predicted molar refractivity (Wildman–Crippen MR) is 115 cm³/mol. The highest BCUT2D eigenvalue weighted by molar-refractivity contribution is 5.94. The van der Waals surface area contributed by atoms with Crippen LogP contribution in [0.25, 0.3) is 0 Å². The van der Waals surface area contributed by atoms with Crippen molar-refractivity contribution in [3.05, 3.63) is 35.7 Å². The van der Waals surface area contributed by atoms with E-state index in [1.807, 2.05) is 32.0 Å². The summed E-state index contributed by atoms with van der Waals surface area (Å²) in [7, 11) is 3.90. The maximum atomic E-state index is 13.1. The number of carbonyl (C=O) groups is 1. The molecule has 1 aromatic carbocycles. The Morgan fingerprint density at radius 1 is 1.12 bits per heavy atom. The smallest absolute Gasteiger partial charge is 0.395 e. The number of nitrogens with one attached hydrogen (secondary N) is 2. The summed E-state index contributed by atoms with van der Waals surface area (Å²) in [6.07, 6.45) is 0.189. The molecule has 32 heavy (non-hydrogen) atoms. The Bertz CT molecular complexity index is 994. The van der Waals surface area contributed by atoms with Crippen molar-refractivity contribution in [3.8, 4) is 11.5 Å². The Morgan fingerprint density at radius 2 is 1.84 bits per heavy atom. The number of aryl methyl sites for hydroxylation is 1. The lowest BCUT2D eigenvalue weighted by molar-refractivity contribution is -0.286. The van der Waals surface area contributed by atoms with Crippen molar-refractivity contribution in [2.75, 3.05) is 30.9 Å². The first kappa shape index (κ1) is 22.0. The van der Waals surface area contributed by atoms with Crippen molar-refractivity contribution < 1.29 is 23.0 Å². The second-order valence-electron chi connectivity index (χ2n) is 8.45. The van der Waals surface area contributed by atoms with E-state index in [4.69, 9.17) is 0 Å². The van der Waals surface area contributed by atoms with Gasteiger partial charge in [-0.25, -0.2) is 9.97 Å². The molecular weight excluding hydrogens is 420 g/mol. The fourth-order valence-electron chi connectivity index (χ4n) is 4.00. The number of aromatic nitrogens is 2. The molecule has 1 saturated carbocycles. The van der Waals surface area contributed by atoms with Crippen molar-refractivity contribution in [1.82, 2.24) is 15.3 Å². The minimum Gasteiger partial charge on any atom is -0.395 e. The van der Waals surface area contributed by atoms with Crippen LogP contribution < -0.4 is 25.0 Å². The van der Waals surface area contributed by atoms with E-state index in [0.29, 0.717) is 18.5 Å². The van der Waals surface area contributed by atoms with Gasteiger partial charge in [0.05, 0.1) is 0 Å². The second-order valence-corrected chi connectivity index (χ2v) is 8.45. The summed E-state index contributed by atoms with van der Waals surface area (Å²) in [5.74, 6) is 2.25. The molecule has 2 aliphatic rings. The lowest BCUT2D eigenvalue weighted by Gasteiger charge is -2.29. The molecule has 0 unspecified atom stereocenters. The van der Waals surface area contributed by atoms with Crippen molar-refractivity contribution in [2.45, 2.75) is 44.9 Å².